The Bertz CT molecular complexity index is 433. The molecule has 4 heteroatoms. The van der Waals surface area contributed by atoms with Crippen molar-refractivity contribution < 1.29 is 4.79 Å². The molecule has 16 heavy (non-hydrogen) atoms. The Kier molecular flexibility index (Phi) is 2.20. The fraction of sp³-hybridized carbons (Fsp3) is 0.417. The van der Waals surface area contributed by atoms with Crippen LogP contribution in [-0.4, -0.2) is 33.7 Å². The van der Waals surface area contributed by atoms with E-state index in [-0.39, 0.29) is 5.92 Å². The summed E-state index contributed by atoms with van der Waals surface area (Å²) in [5.74, 6) is 0.544. The largest absolute Gasteiger partial charge is 0.369 e. The normalized spacial score (nSPS) is 23.1. The quantitative estimate of drug-likeness (QED) is 0.658. The van der Waals surface area contributed by atoms with E-state index in [1.165, 1.54) is 6.33 Å². The van der Waals surface area contributed by atoms with Crippen molar-refractivity contribution in [1.29, 1.82) is 0 Å². The van der Waals surface area contributed by atoms with E-state index >= 15 is 0 Å². The van der Waals surface area contributed by atoms with Crippen molar-refractivity contribution in [2.75, 3.05) is 13.1 Å². The number of Topliss-reactive ketones (excluding diaryl/α,β-unsaturated/α-hetero) is 1. The Hall–Kier alpha value is -1.71. The van der Waals surface area contributed by atoms with Gasteiger partial charge in [-0.15, -0.1) is 0 Å². The van der Waals surface area contributed by atoms with Crippen molar-refractivity contribution in [3.8, 4) is 0 Å². The maximum atomic E-state index is 12.0. The summed E-state index contributed by atoms with van der Waals surface area (Å²) >= 11 is 0. The molecule has 4 heterocycles. The van der Waals surface area contributed by atoms with E-state index in [0.29, 0.717) is 5.78 Å². The average molecular weight is 215 g/mol. The lowest BCUT2D eigenvalue weighted by Crippen LogP contribution is -2.45. The van der Waals surface area contributed by atoms with Gasteiger partial charge < -0.3 is 4.90 Å². The highest BCUT2D eigenvalue weighted by Gasteiger charge is 2.36. The van der Waals surface area contributed by atoms with Gasteiger partial charge in [0.15, 0.2) is 5.78 Å². The lowest BCUT2D eigenvalue weighted by molar-refractivity contribution is -0.125. The third-order valence-electron chi connectivity index (χ3n) is 3.34. The van der Waals surface area contributed by atoms with Crippen LogP contribution in [0.4, 0.5) is 0 Å². The van der Waals surface area contributed by atoms with Gasteiger partial charge in [0.1, 0.15) is 6.33 Å². The molecule has 1 aromatic rings. The zero-order chi connectivity index (χ0) is 11.0. The molecule has 82 valence electrons. The zero-order valence-electron chi connectivity index (χ0n) is 8.97. The Morgan fingerprint density at radius 1 is 1.25 bits per heavy atom. The third-order valence-corrected chi connectivity index (χ3v) is 3.34. The summed E-state index contributed by atoms with van der Waals surface area (Å²) < 4.78 is 0. The van der Waals surface area contributed by atoms with E-state index < -0.39 is 0 Å². The first-order chi connectivity index (χ1) is 7.84. The number of nitrogens with zero attached hydrogens (tertiary/aromatic N) is 3. The van der Waals surface area contributed by atoms with Crippen LogP contribution in [0.3, 0.4) is 0 Å². The van der Waals surface area contributed by atoms with Gasteiger partial charge in [0.05, 0.1) is 5.70 Å². The highest BCUT2D eigenvalue weighted by Crippen LogP contribution is 2.32. The van der Waals surface area contributed by atoms with Crippen LogP contribution in [-0.2, 0) is 4.79 Å². The molecule has 3 aliphatic rings. The lowest BCUT2D eigenvalue weighted by Gasteiger charge is -2.41. The number of piperidine rings is 3. The molecule has 3 fully saturated rings. The first-order valence-corrected chi connectivity index (χ1v) is 5.60. The fourth-order valence-electron chi connectivity index (χ4n) is 2.45. The molecule has 0 aliphatic carbocycles. The number of allylic oxidation sites excluding steroid dienone is 1. The van der Waals surface area contributed by atoms with Crippen LogP contribution in [0.2, 0.25) is 0 Å². The summed E-state index contributed by atoms with van der Waals surface area (Å²) in [6.45, 7) is 2.02. The average Bonchev–Trinajstić information content (AvgIpc) is 2.36. The Labute approximate surface area is 94.0 Å². The van der Waals surface area contributed by atoms with Gasteiger partial charge in [-0.3, -0.25) is 4.79 Å². The van der Waals surface area contributed by atoms with E-state index in [1.807, 2.05) is 6.08 Å². The van der Waals surface area contributed by atoms with Crippen LogP contribution in [0, 0.1) is 5.92 Å². The van der Waals surface area contributed by atoms with E-state index in [2.05, 4.69) is 14.9 Å². The van der Waals surface area contributed by atoms with E-state index in [0.717, 1.165) is 37.2 Å². The van der Waals surface area contributed by atoms with Crippen molar-refractivity contribution in [2.24, 2.45) is 5.92 Å². The maximum absolute atomic E-state index is 12.0. The number of hydrogen-bond acceptors (Lipinski definition) is 4. The molecular formula is C12H13N3O. The molecule has 3 saturated heterocycles. The number of rotatable bonds is 1. The van der Waals surface area contributed by atoms with Gasteiger partial charge in [-0.1, -0.05) is 0 Å². The number of aromatic nitrogens is 2. The number of carbonyl (C=O) groups is 1. The van der Waals surface area contributed by atoms with Crippen LogP contribution in [0.25, 0.3) is 6.08 Å². The van der Waals surface area contributed by atoms with Crippen LogP contribution >= 0.6 is 0 Å². The second-order valence-electron chi connectivity index (χ2n) is 4.33. The molecule has 4 rings (SSSR count). The van der Waals surface area contributed by atoms with Crippen LogP contribution in [0.1, 0.15) is 18.4 Å². The fourth-order valence-corrected chi connectivity index (χ4v) is 2.45. The van der Waals surface area contributed by atoms with Gasteiger partial charge in [-0.2, -0.15) is 0 Å². The monoisotopic (exact) mass is 215 g/mol. The summed E-state index contributed by atoms with van der Waals surface area (Å²) in [7, 11) is 0. The van der Waals surface area contributed by atoms with Crippen LogP contribution < -0.4 is 0 Å². The highest BCUT2D eigenvalue weighted by atomic mass is 16.1. The van der Waals surface area contributed by atoms with E-state index in [1.54, 1.807) is 12.4 Å². The van der Waals surface area contributed by atoms with Gasteiger partial charge in [-0.25, -0.2) is 9.97 Å². The SMILES string of the molecule is O=C1C(=Cc2cncnc2)N2CCC1CC2. The minimum Gasteiger partial charge on any atom is -0.369 e. The second kappa shape index (κ2) is 3.70. The van der Waals surface area contributed by atoms with Crippen molar-refractivity contribution in [3.05, 3.63) is 30.0 Å². The number of hydrogen-bond donors (Lipinski definition) is 0. The predicted octanol–water partition coefficient (Wildman–Crippen LogP) is 1.11. The van der Waals surface area contributed by atoms with Gasteiger partial charge in [0.25, 0.3) is 0 Å². The van der Waals surface area contributed by atoms with Crippen molar-refractivity contribution in [3.63, 3.8) is 0 Å². The predicted molar refractivity (Wildman–Crippen MR) is 59.3 cm³/mol. The van der Waals surface area contributed by atoms with Gasteiger partial charge in [0.2, 0.25) is 0 Å². The molecule has 0 N–H and O–H groups in total. The van der Waals surface area contributed by atoms with Crippen molar-refractivity contribution in [1.82, 2.24) is 14.9 Å². The van der Waals surface area contributed by atoms with Gasteiger partial charge >= 0.3 is 0 Å². The summed E-state index contributed by atoms with van der Waals surface area (Å²) in [6.07, 6.45) is 8.90. The van der Waals surface area contributed by atoms with Crippen molar-refractivity contribution in [2.45, 2.75) is 12.8 Å². The third kappa shape index (κ3) is 1.50. The summed E-state index contributed by atoms with van der Waals surface area (Å²) in [5, 5.41) is 0. The standard InChI is InChI=1S/C12H13N3O/c16-12-10-1-3-15(4-2-10)11(12)5-9-6-13-8-14-7-9/h5-8,10H,1-4H2. The molecular weight excluding hydrogens is 202 g/mol. The molecule has 0 radical (unpaired) electrons. The first kappa shape index (κ1) is 9.51. The van der Waals surface area contributed by atoms with Gasteiger partial charge in [0, 0.05) is 37.0 Å². The van der Waals surface area contributed by atoms with E-state index in [4.69, 9.17) is 0 Å². The summed E-state index contributed by atoms with van der Waals surface area (Å²) in [6, 6.07) is 0. The number of carbonyl (C=O) groups excluding carboxylic acids is 1. The number of fused-ring (bicyclic) bond motifs is 3. The molecule has 3 aliphatic heterocycles. The first-order valence-electron chi connectivity index (χ1n) is 5.60. The minimum atomic E-state index is 0.251. The van der Waals surface area contributed by atoms with Crippen LogP contribution in [0.5, 0.6) is 0 Å². The van der Waals surface area contributed by atoms with E-state index in [9.17, 15) is 4.79 Å². The zero-order valence-corrected chi connectivity index (χ0v) is 8.97. The Morgan fingerprint density at radius 2 is 1.94 bits per heavy atom. The molecule has 1 aromatic heterocycles. The topological polar surface area (TPSA) is 46.1 Å². The van der Waals surface area contributed by atoms with Crippen LogP contribution in [0.15, 0.2) is 24.4 Å². The van der Waals surface area contributed by atoms with Gasteiger partial charge in [-0.05, 0) is 18.9 Å². The highest BCUT2D eigenvalue weighted by molar-refractivity contribution is 6.01. The molecule has 4 nitrogen and oxygen atoms in total. The molecule has 0 aromatic carbocycles. The molecule has 2 bridgehead atoms. The number of ketones is 1. The Morgan fingerprint density at radius 3 is 2.56 bits per heavy atom. The molecule has 0 spiro atoms. The Balaban J connectivity index is 1.95. The van der Waals surface area contributed by atoms with Crippen molar-refractivity contribution >= 4 is 11.9 Å². The molecule has 0 unspecified atom stereocenters. The summed E-state index contributed by atoms with van der Waals surface area (Å²) in [4.78, 5) is 22.1. The molecule has 0 atom stereocenters. The lowest BCUT2D eigenvalue weighted by atomic mass is 9.84. The minimum absolute atomic E-state index is 0.251. The summed E-state index contributed by atoms with van der Waals surface area (Å²) in [5.41, 5.74) is 1.75. The maximum Gasteiger partial charge on any atom is 0.182 e. The molecule has 0 saturated carbocycles. The second-order valence-corrected chi connectivity index (χ2v) is 4.33. The smallest absolute Gasteiger partial charge is 0.182 e. The molecule has 0 amide bonds.